The van der Waals surface area contributed by atoms with E-state index in [1.807, 2.05) is 4.57 Å². The molecule has 1 aromatic carbocycles. The van der Waals surface area contributed by atoms with Crippen molar-refractivity contribution in [3.05, 3.63) is 30.1 Å². The number of thioether (sulfide) groups is 1. The van der Waals surface area contributed by atoms with Crippen LogP contribution in [0.15, 0.2) is 29.4 Å². The maximum Gasteiger partial charge on any atom is 0.211 e. The smallest absolute Gasteiger partial charge is 0.211 e. The molecule has 2 heterocycles. The van der Waals surface area contributed by atoms with Crippen molar-refractivity contribution in [1.82, 2.24) is 19.5 Å². The predicted octanol–water partition coefficient (Wildman–Crippen LogP) is 2.29. The topological polar surface area (TPSA) is 86.1 Å². The summed E-state index contributed by atoms with van der Waals surface area (Å²) in [7, 11) is -1.79. The molecular formula is C17H23FN4O3S2. The van der Waals surface area contributed by atoms with E-state index >= 15 is 0 Å². The molecule has 0 bridgehead atoms. The second-order valence-electron chi connectivity index (χ2n) is 6.28. The summed E-state index contributed by atoms with van der Waals surface area (Å²) in [5, 5.41) is 9.27. The predicted molar refractivity (Wildman–Crippen MR) is 103 cm³/mol. The fraction of sp³-hybridized carbons (Fsp3) is 0.529. The van der Waals surface area contributed by atoms with Crippen LogP contribution >= 0.6 is 11.8 Å². The van der Waals surface area contributed by atoms with Crippen LogP contribution in [0.25, 0.3) is 11.4 Å². The number of sulfonamides is 1. The molecular weight excluding hydrogens is 391 g/mol. The van der Waals surface area contributed by atoms with Crippen LogP contribution in [-0.2, 0) is 21.3 Å². The van der Waals surface area contributed by atoms with E-state index in [1.165, 1.54) is 30.9 Å². The zero-order valence-electron chi connectivity index (χ0n) is 15.1. The molecule has 10 heteroatoms. The summed E-state index contributed by atoms with van der Waals surface area (Å²) in [4.78, 5) is 0. The maximum atomic E-state index is 13.2. The Balaban J connectivity index is 1.75. The summed E-state index contributed by atoms with van der Waals surface area (Å²) < 4.78 is 46.3. The van der Waals surface area contributed by atoms with Crippen molar-refractivity contribution >= 4 is 21.8 Å². The summed E-state index contributed by atoms with van der Waals surface area (Å²) >= 11 is 1.47. The largest absolute Gasteiger partial charge is 0.376 e. The Morgan fingerprint density at radius 3 is 2.78 bits per heavy atom. The summed E-state index contributed by atoms with van der Waals surface area (Å²) in [6, 6.07) is 6.16. The van der Waals surface area contributed by atoms with E-state index in [4.69, 9.17) is 4.74 Å². The number of hydrogen-bond donors (Lipinski definition) is 1. The Morgan fingerprint density at radius 1 is 1.33 bits per heavy atom. The summed E-state index contributed by atoms with van der Waals surface area (Å²) in [6.45, 7) is 1.37. The number of halogens is 1. The number of benzene rings is 1. The van der Waals surface area contributed by atoms with Gasteiger partial charge in [-0.15, -0.1) is 10.2 Å². The van der Waals surface area contributed by atoms with Crippen LogP contribution in [0.5, 0.6) is 0 Å². The molecule has 7 nitrogen and oxygen atoms in total. The van der Waals surface area contributed by atoms with E-state index in [9.17, 15) is 12.8 Å². The first kappa shape index (κ1) is 20.2. The van der Waals surface area contributed by atoms with Gasteiger partial charge in [0, 0.05) is 17.9 Å². The molecule has 0 radical (unpaired) electrons. The average Bonchev–Trinajstić information content (AvgIpc) is 3.30. The first-order valence-corrected chi connectivity index (χ1v) is 11.5. The lowest BCUT2D eigenvalue weighted by molar-refractivity contribution is 0.0953. The normalized spacial score (nSPS) is 17.5. The molecule has 0 amide bonds. The van der Waals surface area contributed by atoms with Crippen LogP contribution < -0.4 is 4.72 Å². The van der Waals surface area contributed by atoms with Crippen LogP contribution in [0.4, 0.5) is 4.39 Å². The van der Waals surface area contributed by atoms with Crippen LogP contribution in [0.2, 0.25) is 0 Å². The van der Waals surface area contributed by atoms with Gasteiger partial charge in [0.25, 0.3) is 0 Å². The van der Waals surface area contributed by atoms with E-state index in [1.54, 1.807) is 12.1 Å². The molecule has 2 aromatic rings. The number of aromatic nitrogens is 3. The summed E-state index contributed by atoms with van der Waals surface area (Å²) in [5.41, 5.74) is 0.784. The first-order valence-electron chi connectivity index (χ1n) is 8.83. The molecule has 0 spiro atoms. The summed E-state index contributed by atoms with van der Waals surface area (Å²) in [6.07, 6.45) is 2.62. The third kappa shape index (κ3) is 5.50. The highest BCUT2D eigenvalue weighted by Gasteiger charge is 2.22. The Kier molecular flexibility index (Phi) is 6.85. The third-order valence-electron chi connectivity index (χ3n) is 4.33. The third-order valence-corrected chi connectivity index (χ3v) is 6.83. The highest BCUT2D eigenvalue weighted by molar-refractivity contribution is 7.99. The zero-order valence-corrected chi connectivity index (χ0v) is 16.7. The van der Waals surface area contributed by atoms with Gasteiger partial charge in [-0.2, -0.15) is 0 Å². The second kappa shape index (κ2) is 9.13. The molecule has 0 saturated carbocycles. The van der Waals surface area contributed by atoms with Crippen molar-refractivity contribution < 1.29 is 17.5 Å². The molecule has 1 N–H and O–H groups in total. The molecule has 1 unspecified atom stereocenters. The van der Waals surface area contributed by atoms with Crippen LogP contribution in [0, 0.1) is 5.82 Å². The van der Waals surface area contributed by atoms with Gasteiger partial charge < -0.3 is 4.74 Å². The fourth-order valence-corrected chi connectivity index (χ4v) is 4.68. The SMILES string of the molecule is CNS(=O)(=O)CCCSc1nnc(-c2ccc(F)cc2)n1CC1CCCO1. The summed E-state index contributed by atoms with van der Waals surface area (Å²) in [5.74, 6) is 1.04. The number of hydrogen-bond acceptors (Lipinski definition) is 6. The van der Waals surface area contributed by atoms with E-state index in [2.05, 4.69) is 14.9 Å². The molecule has 27 heavy (non-hydrogen) atoms. The molecule has 1 aliphatic rings. The van der Waals surface area contributed by atoms with Crippen molar-refractivity contribution in [2.24, 2.45) is 0 Å². The van der Waals surface area contributed by atoms with Gasteiger partial charge in [-0.25, -0.2) is 17.5 Å². The van der Waals surface area contributed by atoms with Crippen molar-refractivity contribution in [3.8, 4) is 11.4 Å². The van der Waals surface area contributed by atoms with Crippen molar-refractivity contribution in [3.63, 3.8) is 0 Å². The minimum Gasteiger partial charge on any atom is -0.376 e. The highest BCUT2D eigenvalue weighted by atomic mass is 32.2. The van der Waals surface area contributed by atoms with Gasteiger partial charge in [-0.3, -0.25) is 4.57 Å². The van der Waals surface area contributed by atoms with Gasteiger partial charge in [0.2, 0.25) is 10.0 Å². The molecule has 1 atom stereocenters. The minimum atomic E-state index is -3.21. The number of nitrogens with one attached hydrogen (secondary N) is 1. The number of rotatable bonds is 9. The van der Waals surface area contributed by atoms with Gasteiger partial charge in [-0.05, 0) is 50.6 Å². The lowest BCUT2D eigenvalue weighted by Gasteiger charge is -2.14. The molecule has 3 rings (SSSR count). The Labute approximate surface area is 162 Å². The first-order chi connectivity index (χ1) is 13.0. The minimum absolute atomic E-state index is 0.0706. The maximum absolute atomic E-state index is 13.2. The Bertz CT molecular complexity index is 850. The monoisotopic (exact) mass is 414 g/mol. The van der Waals surface area contributed by atoms with Gasteiger partial charge in [-0.1, -0.05) is 11.8 Å². The molecule has 1 fully saturated rings. The van der Waals surface area contributed by atoms with E-state index in [0.717, 1.165) is 25.0 Å². The Morgan fingerprint density at radius 2 is 2.11 bits per heavy atom. The van der Waals surface area contributed by atoms with E-state index in [0.29, 0.717) is 29.7 Å². The van der Waals surface area contributed by atoms with Gasteiger partial charge in [0.05, 0.1) is 18.4 Å². The van der Waals surface area contributed by atoms with Crippen molar-refractivity contribution in [1.29, 1.82) is 0 Å². The quantitative estimate of drug-likeness (QED) is 0.501. The number of ether oxygens (including phenoxy) is 1. The number of nitrogens with zero attached hydrogens (tertiary/aromatic N) is 3. The lowest BCUT2D eigenvalue weighted by atomic mass is 10.2. The van der Waals surface area contributed by atoms with Crippen LogP contribution in [0.3, 0.4) is 0 Å². The standard InChI is InChI=1S/C17H23FN4O3S2/c1-19-27(23,24)11-3-10-26-17-21-20-16(13-5-7-14(18)8-6-13)22(17)12-15-4-2-9-25-15/h5-8,15,19H,2-4,9-12H2,1H3. The van der Waals surface area contributed by atoms with Crippen molar-refractivity contribution in [2.45, 2.75) is 37.1 Å². The van der Waals surface area contributed by atoms with Gasteiger partial charge >= 0.3 is 0 Å². The van der Waals surface area contributed by atoms with Gasteiger partial charge in [0.15, 0.2) is 11.0 Å². The average molecular weight is 415 g/mol. The van der Waals surface area contributed by atoms with E-state index in [-0.39, 0.29) is 17.7 Å². The second-order valence-corrected chi connectivity index (χ2v) is 9.39. The molecule has 1 saturated heterocycles. The van der Waals surface area contributed by atoms with Crippen LogP contribution in [-0.4, -0.2) is 54.4 Å². The molecule has 148 valence electrons. The highest BCUT2D eigenvalue weighted by Crippen LogP contribution is 2.27. The molecule has 1 aromatic heterocycles. The lowest BCUT2D eigenvalue weighted by Crippen LogP contribution is -2.22. The molecule has 1 aliphatic heterocycles. The molecule has 0 aliphatic carbocycles. The van der Waals surface area contributed by atoms with Crippen LogP contribution in [0.1, 0.15) is 19.3 Å². The zero-order chi connectivity index (χ0) is 19.3. The fourth-order valence-electron chi connectivity index (χ4n) is 2.88. The van der Waals surface area contributed by atoms with Gasteiger partial charge in [0.1, 0.15) is 5.82 Å². The Hall–Kier alpha value is -1.49. The van der Waals surface area contributed by atoms with Crippen molar-refractivity contribution in [2.75, 3.05) is 25.2 Å². The van der Waals surface area contributed by atoms with E-state index < -0.39 is 10.0 Å².